The Morgan fingerprint density at radius 1 is 1.00 bits per heavy atom. The van der Waals surface area contributed by atoms with Crippen molar-refractivity contribution in [3.8, 4) is 0 Å². The molecule has 0 fully saturated rings. The Bertz CT molecular complexity index is 1150. The summed E-state index contributed by atoms with van der Waals surface area (Å²) >= 11 is 12.7. The van der Waals surface area contributed by atoms with E-state index in [1.807, 2.05) is 19.9 Å². The average molecular weight is 543 g/mol. The third kappa shape index (κ3) is 7.35. The van der Waals surface area contributed by atoms with Gasteiger partial charge in [-0.3, -0.25) is 13.9 Å². The smallest absolute Gasteiger partial charge is 0.244 e. The highest BCUT2D eigenvalue weighted by molar-refractivity contribution is 7.92. The lowest BCUT2D eigenvalue weighted by atomic mass is 10.1. The van der Waals surface area contributed by atoms with Gasteiger partial charge in [-0.1, -0.05) is 54.4 Å². The molecule has 0 saturated carbocycles. The zero-order valence-corrected chi connectivity index (χ0v) is 23.3. The molecule has 35 heavy (non-hydrogen) atoms. The van der Waals surface area contributed by atoms with Crippen LogP contribution in [0.15, 0.2) is 36.4 Å². The molecule has 2 aromatic rings. The van der Waals surface area contributed by atoms with Gasteiger partial charge in [-0.15, -0.1) is 0 Å². The molecule has 2 amide bonds. The highest BCUT2D eigenvalue weighted by atomic mass is 35.5. The van der Waals surface area contributed by atoms with Crippen LogP contribution in [0.5, 0.6) is 0 Å². The predicted octanol–water partition coefficient (Wildman–Crippen LogP) is 4.71. The minimum atomic E-state index is -3.82. The number of nitrogens with zero attached hydrogens (tertiary/aromatic N) is 2. The van der Waals surface area contributed by atoms with Gasteiger partial charge in [0.2, 0.25) is 21.8 Å². The molecule has 0 spiro atoms. The minimum Gasteiger partial charge on any atom is -0.352 e. The molecule has 0 aromatic heterocycles. The van der Waals surface area contributed by atoms with Crippen LogP contribution in [-0.4, -0.2) is 50.0 Å². The SMILES string of the molecule is CC[C@H](C)NC(=O)[C@H](C)N(Cc1c(Cl)cccc1Cl)C(=O)CN(c1c(C)cccc1C)S(C)(=O)=O. The lowest BCUT2D eigenvalue weighted by molar-refractivity contribution is -0.139. The van der Waals surface area contributed by atoms with Crippen LogP contribution in [0.25, 0.3) is 0 Å². The molecule has 2 aromatic carbocycles. The van der Waals surface area contributed by atoms with E-state index < -0.39 is 28.5 Å². The fourth-order valence-corrected chi connectivity index (χ4v) is 5.16. The van der Waals surface area contributed by atoms with Crippen LogP contribution in [-0.2, 0) is 26.2 Å². The van der Waals surface area contributed by atoms with Crippen LogP contribution in [0, 0.1) is 13.8 Å². The van der Waals surface area contributed by atoms with Crippen molar-refractivity contribution in [3.63, 3.8) is 0 Å². The first-order valence-corrected chi connectivity index (χ1v) is 13.9. The highest BCUT2D eigenvalue weighted by Gasteiger charge is 2.32. The van der Waals surface area contributed by atoms with Gasteiger partial charge >= 0.3 is 0 Å². The van der Waals surface area contributed by atoms with E-state index in [-0.39, 0.29) is 18.5 Å². The van der Waals surface area contributed by atoms with Crippen molar-refractivity contribution < 1.29 is 18.0 Å². The zero-order valence-electron chi connectivity index (χ0n) is 20.9. The predicted molar refractivity (Wildman–Crippen MR) is 142 cm³/mol. The normalized spacial score (nSPS) is 13.1. The third-order valence-electron chi connectivity index (χ3n) is 5.93. The summed E-state index contributed by atoms with van der Waals surface area (Å²) in [6.07, 6.45) is 1.78. The summed E-state index contributed by atoms with van der Waals surface area (Å²) in [5.41, 5.74) is 2.35. The third-order valence-corrected chi connectivity index (χ3v) is 7.75. The summed E-state index contributed by atoms with van der Waals surface area (Å²) in [5, 5.41) is 3.58. The van der Waals surface area contributed by atoms with E-state index in [1.165, 1.54) is 4.90 Å². The number of nitrogens with one attached hydrogen (secondary N) is 1. The number of para-hydroxylation sites is 1. The number of hydrogen-bond donors (Lipinski definition) is 1. The molecule has 192 valence electrons. The minimum absolute atomic E-state index is 0.0587. The molecule has 2 atom stereocenters. The van der Waals surface area contributed by atoms with Crippen molar-refractivity contribution >= 4 is 50.7 Å². The molecular weight excluding hydrogens is 509 g/mol. The van der Waals surface area contributed by atoms with Crippen molar-refractivity contribution in [1.29, 1.82) is 0 Å². The quantitative estimate of drug-likeness (QED) is 0.471. The van der Waals surface area contributed by atoms with E-state index in [0.717, 1.165) is 17.0 Å². The Balaban J connectivity index is 2.51. The second-order valence-electron chi connectivity index (χ2n) is 8.73. The Labute approximate surface area is 218 Å². The number of carbonyl (C=O) groups excluding carboxylic acids is 2. The average Bonchev–Trinajstić information content (AvgIpc) is 2.76. The maximum Gasteiger partial charge on any atom is 0.244 e. The van der Waals surface area contributed by atoms with E-state index in [1.54, 1.807) is 51.1 Å². The van der Waals surface area contributed by atoms with E-state index >= 15 is 0 Å². The van der Waals surface area contributed by atoms with Gasteiger partial charge in [0.05, 0.1) is 11.9 Å². The molecule has 0 aliphatic rings. The number of sulfonamides is 1. The molecule has 7 nitrogen and oxygen atoms in total. The number of carbonyl (C=O) groups is 2. The standard InChI is InChI=1S/C25H33Cl2N3O4S/c1-7-18(4)28-25(32)19(5)29(14-20-21(26)12-9-13-22(20)27)23(31)15-30(35(6,33)34)24-16(2)10-8-11-17(24)3/h8-13,18-19H,7,14-15H2,1-6H3,(H,28,32)/t18-,19-/m0/s1. The van der Waals surface area contributed by atoms with E-state index in [2.05, 4.69) is 5.32 Å². The van der Waals surface area contributed by atoms with Crippen molar-refractivity contribution in [2.45, 2.75) is 59.7 Å². The Hall–Kier alpha value is -2.29. The van der Waals surface area contributed by atoms with Gasteiger partial charge in [-0.25, -0.2) is 8.42 Å². The first-order valence-electron chi connectivity index (χ1n) is 11.3. The van der Waals surface area contributed by atoms with Gasteiger partial charge in [-0.2, -0.15) is 0 Å². The van der Waals surface area contributed by atoms with Crippen LogP contribution in [0.4, 0.5) is 5.69 Å². The van der Waals surface area contributed by atoms with Crippen molar-refractivity contribution in [2.24, 2.45) is 0 Å². The topological polar surface area (TPSA) is 86.8 Å². The molecule has 0 heterocycles. The van der Waals surface area contributed by atoms with Gasteiger partial charge in [0.15, 0.2) is 0 Å². The second-order valence-corrected chi connectivity index (χ2v) is 11.4. The Morgan fingerprint density at radius 2 is 1.51 bits per heavy atom. The number of anilines is 1. The summed E-state index contributed by atoms with van der Waals surface area (Å²) in [6, 6.07) is 9.39. The van der Waals surface area contributed by atoms with E-state index in [9.17, 15) is 18.0 Å². The summed E-state index contributed by atoms with van der Waals surface area (Å²) in [5.74, 6) is -0.908. The lowest BCUT2D eigenvalue weighted by Crippen LogP contribution is -2.52. The molecule has 0 aliphatic heterocycles. The van der Waals surface area contributed by atoms with Gasteiger partial charge in [0, 0.05) is 28.2 Å². The molecule has 0 unspecified atom stereocenters. The fraction of sp³-hybridized carbons (Fsp3) is 0.440. The van der Waals surface area contributed by atoms with Crippen molar-refractivity contribution in [1.82, 2.24) is 10.2 Å². The van der Waals surface area contributed by atoms with E-state index in [0.29, 0.717) is 32.4 Å². The number of amides is 2. The molecule has 0 bridgehead atoms. The summed E-state index contributed by atoms with van der Waals surface area (Å²) < 4.78 is 26.6. The van der Waals surface area contributed by atoms with Crippen molar-refractivity contribution in [2.75, 3.05) is 17.1 Å². The van der Waals surface area contributed by atoms with Crippen LogP contribution < -0.4 is 9.62 Å². The number of benzene rings is 2. The highest BCUT2D eigenvalue weighted by Crippen LogP contribution is 2.29. The molecular formula is C25H33Cl2N3O4S. The molecule has 0 saturated heterocycles. The number of aryl methyl sites for hydroxylation is 2. The van der Waals surface area contributed by atoms with E-state index in [4.69, 9.17) is 23.2 Å². The van der Waals surface area contributed by atoms with Crippen LogP contribution in [0.2, 0.25) is 10.0 Å². The van der Waals surface area contributed by atoms with Crippen LogP contribution >= 0.6 is 23.2 Å². The van der Waals surface area contributed by atoms with Gasteiger partial charge < -0.3 is 10.2 Å². The number of rotatable bonds is 10. The summed E-state index contributed by atoms with van der Waals surface area (Å²) in [7, 11) is -3.82. The first-order chi connectivity index (χ1) is 16.3. The largest absolute Gasteiger partial charge is 0.352 e. The van der Waals surface area contributed by atoms with Gasteiger partial charge in [0.25, 0.3) is 0 Å². The molecule has 0 aliphatic carbocycles. The molecule has 1 N–H and O–H groups in total. The maximum absolute atomic E-state index is 13.7. The lowest BCUT2D eigenvalue weighted by Gasteiger charge is -2.33. The van der Waals surface area contributed by atoms with Crippen LogP contribution in [0.1, 0.15) is 43.9 Å². The van der Waals surface area contributed by atoms with Crippen molar-refractivity contribution in [3.05, 3.63) is 63.1 Å². The zero-order chi connectivity index (χ0) is 26.5. The number of hydrogen-bond acceptors (Lipinski definition) is 4. The van der Waals surface area contributed by atoms with Crippen LogP contribution in [0.3, 0.4) is 0 Å². The molecule has 10 heteroatoms. The maximum atomic E-state index is 13.7. The number of halogens is 2. The first kappa shape index (κ1) is 28.9. The fourth-order valence-electron chi connectivity index (χ4n) is 3.68. The molecule has 2 rings (SSSR count). The molecule has 0 radical (unpaired) electrons. The Morgan fingerprint density at radius 3 is 2.00 bits per heavy atom. The second kappa shape index (κ2) is 12.1. The van der Waals surface area contributed by atoms with Gasteiger partial charge in [0.1, 0.15) is 12.6 Å². The monoisotopic (exact) mass is 541 g/mol. The van der Waals surface area contributed by atoms with Gasteiger partial charge in [-0.05, 0) is 57.4 Å². The summed E-state index contributed by atoms with van der Waals surface area (Å²) in [4.78, 5) is 28.0. The Kier molecular flexibility index (Phi) is 10.0. The summed E-state index contributed by atoms with van der Waals surface area (Å²) in [6.45, 7) is 8.45.